The summed E-state index contributed by atoms with van der Waals surface area (Å²) < 4.78 is 0. The van der Waals surface area contributed by atoms with Crippen molar-refractivity contribution in [2.24, 2.45) is 0 Å². The Morgan fingerprint density at radius 2 is 1.83 bits per heavy atom. The average Bonchev–Trinajstić information content (AvgIpc) is 2.39. The molecule has 0 aliphatic carbocycles. The van der Waals surface area contributed by atoms with Crippen LogP contribution in [-0.2, 0) is 6.42 Å². The zero-order chi connectivity index (χ0) is 13.0. The van der Waals surface area contributed by atoms with Gasteiger partial charge in [0, 0.05) is 17.1 Å². The number of para-hydroxylation sites is 1. The van der Waals surface area contributed by atoms with E-state index in [9.17, 15) is 0 Å². The molecule has 3 heteroatoms. The highest BCUT2D eigenvalue weighted by molar-refractivity contribution is 5.52. The summed E-state index contributed by atoms with van der Waals surface area (Å²) in [6.45, 7) is 6.40. The van der Waals surface area contributed by atoms with Gasteiger partial charge in [-0.2, -0.15) is 0 Å². The molecular weight excluding hydrogens is 222 g/mol. The van der Waals surface area contributed by atoms with Crippen LogP contribution in [0.25, 0.3) is 0 Å². The lowest BCUT2D eigenvalue weighted by molar-refractivity contribution is 0.806. The molecule has 1 N–H and O–H groups in total. The first-order valence-electron chi connectivity index (χ1n) is 6.39. The van der Waals surface area contributed by atoms with Gasteiger partial charge < -0.3 is 5.32 Å². The number of aryl methyl sites for hydroxylation is 1. The number of rotatable bonds is 4. The molecule has 1 heterocycles. The summed E-state index contributed by atoms with van der Waals surface area (Å²) >= 11 is 0. The zero-order valence-corrected chi connectivity index (χ0v) is 11.1. The highest BCUT2D eigenvalue weighted by atomic mass is 15.1. The van der Waals surface area contributed by atoms with Crippen molar-refractivity contribution in [1.29, 1.82) is 0 Å². The first-order valence-corrected chi connectivity index (χ1v) is 6.39. The van der Waals surface area contributed by atoms with Crippen molar-refractivity contribution in [3.05, 3.63) is 47.8 Å². The van der Waals surface area contributed by atoms with Gasteiger partial charge in [-0.15, -0.1) is 0 Å². The van der Waals surface area contributed by atoms with E-state index in [0.717, 1.165) is 23.5 Å². The molecule has 0 saturated carbocycles. The van der Waals surface area contributed by atoms with Gasteiger partial charge in [0.15, 0.2) is 0 Å². The molecular formula is C15H19N3. The van der Waals surface area contributed by atoms with Crippen LogP contribution < -0.4 is 5.32 Å². The maximum Gasteiger partial charge on any atom is 0.227 e. The molecule has 2 rings (SSSR count). The Morgan fingerprint density at radius 1 is 1.11 bits per heavy atom. The Hall–Kier alpha value is -1.90. The van der Waals surface area contributed by atoms with Gasteiger partial charge in [-0.25, -0.2) is 9.97 Å². The highest BCUT2D eigenvalue weighted by Crippen LogP contribution is 2.18. The summed E-state index contributed by atoms with van der Waals surface area (Å²) in [5.74, 6) is 1.10. The van der Waals surface area contributed by atoms with Crippen LogP contribution in [0, 0.1) is 0 Å². The molecule has 0 amide bonds. The Kier molecular flexibility index (Phi) is 3.92. The summed E-state index contributed by atoms with van der Waals surface area (Å²) in [6.07, 6.45) is 0.922. The molecule has 0 atom stereocenters. The van der Waals surface area contributed by atoms with E-state index < -0.39 is 0 Å². The van der Waals surface area contributed by atoms with Crippen LogP contribution in [-0.4, -0.2) is 9.97 Å². The van der Waals surface area contributed by atoms with E-state index in [-0.39, 0.29) is 0 Å². The third-order valence-corrected chi connectivity index (χ3v) is 2.78. The molecule has 0 bridgehead atoms. The Bertz CT molecular complexity index is 506. The lowest BCUT2D eigenvalue weighted by Crippen LogP contribution is -2.04. The molecule has 1 aromatic carbocycles. The van der Waals surface area contributed by atoms with E-state index in [1.807, 2.05) is 30.3 Å². The van der Waals surface area contributed by atoms with Crippen LogP contribution in [0.1, 0.15) is 38.1 Å². The van der Waals surface area contributed by atoms with Gasteiger partial charge in [0.2, 0.25) is 5.95 Å². The monoisotopic (exact) mass is 241 g/mol. The van der Waals surface area contributed by atoms with Gasteiger partial charge in [0.1, 0.15) is 0 Å². The molecule has 0 unspecified atom stereocenters. The van der Waals surface area contributed by atoms with E-state index >= 15 is 0 Å². The first kappa shape index (κ1) is 12.6. The van der Waals surface area contributed by atoms with Gasteiger partial charge in [0.05, 0.1) is 0 Å². The van der Waals surface area contributed by atoms with Crippen molar-refractivity contribution in [3.63, 3.8) is 0 Å². The fraction of sp³-hybridized carbons (Fsp3) is 0.333. The highest BCUT2D eigenvalue weighted by Gasteiger charge is 2.07. The lowest BCUT2D eigenvalue weighted by atomic mass is 10.1. The third kappa shape index (κ3) is 3.06. The van der Waals surface area contributed by atoms with Crippen molar-refractivity contribution < 1.29 is 0 Å². The Morgan fingerprint density at radius 3 is 2.44 bits per heavy atom. The Balaban J connectivity index is 2.30. The van der Waals surface area contributed by atoms with Crippen LogP contribution in [0.15, 0.2) is 36.4 Å². The molecule has 3 nitrogen and oxygen atoms in total. The van der Waals surface area contributed by atoms with E-state index in [4.69, 9.17) is 0 Å². The number of anilines is 2. The summed E-state index contributed by atoms with van der Waals surface area (Å²) in [7, 11) is 0. The standard InChI is InChI=1S/C15H19N3/c1-4-12-10-14(11(2)3)18-15(16-12)17-13-8-6-5-7-9-13/h5-11H,4H2,1-3H3,(H,16,17,18). The molecule has 1 aromatic heterocycles. The molecule has 0 aliphatic rings. The minimum Gasteiger partial charge on any atom is -0.324 e. The summed E-state index contributed by atoms with van der Waals surface area (Å²) in [5, 5.41) is 3.25. The molecule has 0 fully saturated rings. The Labute approximate surface area is 108 Å². The van der Waals surface area contributed by atoms with Crippen LogP contribution in [0.2, 0.25) is 0 Å². The fourth-order valence-electron chi connectivity index (χ4n) is 1.70. The SMILES string of the molecule is CCc1cc(C(C)C)nc(Nc2ccccc2)n1. The second-order valence-corrected chi connectivity index (χ2v) is 4.61. The second-order valence-electron chi connectivity index (χ2n) is 4.61. The molecule has 94 valence electrons. The number of nitrogens with zero attached hydrogens (tertiary/aromatic N) is 2. The molecule has 2 aromatic rings. The predicted molar refractivity (Wildman–Crippen MR) is 75.2 cm³/mol. The number of hydrogen-bond acceptors (Lipinski definition) is 3. The summed E-state index contributed by atoms with van der Waals surface area (Å²) in [5.41, 5.74) is 3.17. The van der Waals surface area contributed by atoms with Crippen LogP contribution in [0.3, 0.4) is 0 Å². The molecule has 0 spiro atoms. The van der Waals surface area contributed by atoms with E-state index in [1.54, 1.807) is 0 Å². The number of aromatic nitrogens is 2. The van der Waals surface area contributed by atoms with E-state index in [2.05, 4.69) is 42.1 Å². The smallest absolute Gasteiger partial charge is 0.227 e. The van der Waals surface area contributed by atoms with Gasteiger partial charge >= 0.3 is 0 Å². The second kappa shape index (κ2) is 5.63. The van der Waals surface area contributed by atoms with Gasteiger partial charge in [-0.1, -0.05) is 39.0 Å². The minimum atomic E-state index is 0.412. The van der Waals surface area contributed by atoms with E-state index in [1.165, 1.54) is 0 Å². The number of nitrogens with one attached hydrogen (secondary N) is 1. The third-order valence-electron chi connectivity index (χ3n) is 2.78. The maximum absolute atomic E-state index is 4.55. The van der Waals surface area contributed by atoms with Crippen LogP contribution >= 0.6 is 0 Å². The maximum atomic E-state index is 4.55. The predicted octanol–water partition coefficient (Wildman–Crippen LogP) is 3.91. The van der Waals surface area contributed by atoms with Crippen molar-refractivity contribution in [2.45, 2.75) is 33.1 Å². The zero-order valence-electron chi connectivity index (χ0n) is 11.1. The van der Waals surface area contributed by atoms with Crippen molar-refractivity contribution >= 4 is 11.6 Å². The minimum absolute atomic E-state index is 0.412. The van der Waals surface area contributed by atoms with Crippen LogP contribution in [0.4, 0.5) is 11.6 Å². The molecule has 0 aliphatic heterocycles. The fourth-order valence-corrected chi connectivity index (χ4v) is 1.70. The van der Waals surface area contributed by atoms with Crippen molar-refractivity contribution in [3.8, 4) is 0 Å². The quantitative estimate of drug-likeness (QED) is 0.882. The van der Waals surface area contributed by atoms with Gasteiger partial charge in [-0.3, -0.25) is 0 Å². The normalized spacial score (nSPS) is 10.7. The molecule has 0 saturated heterocycles. The largest absolute Gasteiger partial charge is 0.324 e. The topological polar surface area (TPSA) is 37.8 Å². The number of benzene rings is 1. The first-order chi connectivity index (χ1) is 8.69. The average molecular weight is 241 g/mol. The van der Waals surface area contributed by atoms with Crippen molar-refractivity contribution in [2.75, 3.05) is 5.32 Å². The van der Waals surface area contributed by atoms with Gasteiger partial charge in [0.25, 0.3) is 0 Å². The molecule has 0 radical (unpaired) electrons. The van der Waals surface area contributed by atoms with Crippen molar-refractivity contribution in [1.82, 2.24) is 9.97 Å². The number of hydrogen-bond donors (Lipinski definition) is 1. The molecule has 18 heavy (non-hydrogen) atoms. The van der Waals surface area contributed by atoms with Gasteiger partial charge in [-0.05, 0) is 30.5 Å². The van der Waals surface area contributed by atoms with Crippen LogP contribution in [0.5, 0.6) is 0 Å². The lowest BCUT2D eigenvalue weighted by Gasteiger charge is -2.10. The summed E-state index contributed by atoms with van der Waals surface area (Å²) in [4.78, 5) is 9.06. The van der Waals surface area contributed by atoms with E-state index in [0.29, 0.717) is 11.9 Å². The summed E-state index contributed by atoms with van der Waals surface area (Å²) in [6, 6.07) is 12.1.